The van der Waals surface area contributed by atoms with E-state index in [1.807, 2.05) is 24.3 Å². The number of methoxy groups -OCH3 is 1. The molecule has 4 N–H and O–H groups in total. The van der Waals surface area contributed by atoms with E-state index in [9.17, 15) is 28.2 Å². The molecule has 0 saturated heterocycles. The third kappa shape index (κ3) is 8.39. The van der Waals surface area contributed by atoms with E-state index < -0.39 is 52.8 Å². The molecule has 0 heterocycles. The zero-order valence-electron chi connectivity index (χ0n) is 24.4. The number of aliphatic hydroxyl groups excluding tert-OH is 2. The van der Waals surface area contributed by atoms with Crippen LogP contribution in [0.25, 0.3) is 0 Å². The van der Waals surface area contributed by atoms with Crippen LogP contribution in [0.1, 0.15) is 57.1 Å². The molecule has 0 bridgehead atoms. The van der Waals surface area contributed by atoms with Crippen LogP contribution in [0.4, 0.5) is 4.79 Å². The summed E-state index contributed by atoms with van der Waals surface area (Å²) in [6.45, 7) is 2.91. The molecule has 0 spiro atoms. The molecule has 3 atom stereocenters. The van der Waals surface area contributed by atoms with E-state index in [-0.39, 0.29) is 23.8 Å². The van der Waals surface area contributed by atoms with Gasteiger partial charge in [0.15, 0.2) is 0 Å². The molecule has 232 valence electrons. The number of aliphatic hydroxyl groups is 2. The number of hydrogen-bond donors (Lipinski definition) is 3. The molecule has 1 aliphatic carbocycles. The number of carbonyl (C=O) groups excluding carboxylic acids is 2. The van der Waals surface area contributed by atoms with Gasteiger partial charge in [-0.1, -0.05) is 46.3 Å². The second-order valence-electron chi connectivity index (χ2n) is 11.0. The van der Waals surface area contributed by atoms with E-state index in [2.05, 4.69) is 15.9 Å². The Kier molecular flexibility index (Phi) is 12.5. The minimum Gasteiger partial charge on any atom is -0.452 e. The van der Waals surface area contributed by atoms with Crippen molar-refractivity contribution in [2.24, 2.45) is 11.7 Å². The van der Waals surface area contributed by atoms with Crippen LogP contribution in [-0.4, -0.2) is 77.7 Å². The zero-order valence-corrected chi connectivity index (χ0v) is 26.8. The highest BCUT2D eigenvalue weighted by Crippen LogP contribution is 2.39. The van der Waals surface area contributed by atoms with Crippen LogP contribution in [-0.2, 0) is 32.6 Å². The van der Waals surface area contributed by atoms with Crippen LogP contribution in [0.5, 0.6) is 0 Å². The van der Waals surface area contributed by atoms with Crippen LogP contribution in [0, 0.1) is 5.92 Å². The summed E-state index contributed by atoms with van der Waals surface area (Å²) < 4.78 is 34.3. The molecule has 2 aromatic carbocycles. The maximum Gasteiger partial charge on any atom is 0.416 e. The van der Waals surface area contributed by atoms with E-state index in [0.717, 1.165) is 27.8 Å². The van der Waals surface area contributed by atoms with Crippen molar-refractivity contribution in [3.63, 3.8) is 0 Å². The predicted octanol–water partition coefficient (Wildman–Crippen LogP) is 3.82. The number of amides is 2. The SMILES string of the molecule is COC(=O)N(C(=O)[C@@H](N)Cc1ccccc1Br)[C@H](CCC[C@@H](CO)N(C(C)C)S(=O)(=O)c1ccc(CO)cc1)C1CC1. The Morgan fingerprint density at radius 1 is 1.07 bits per heavy atom. The average molecular weight is 669 g/mol. The van der Waals surface area contributed by atoms with Crippen LogP contribution in [0.3, 0.4) is 0 Å². The van der Waals surface area contributed by atoms with Crippen LogP contribution < -0.4 is 5.73 Å². The zero-order chi connectivity index (χ0) is 31.0. The van der Waals surface area contributed by atoms with Crippen molar-refractivity contribution in [3.8, 4) is 0 Å². The summed E-state index contributed by atoms with van der Waals surface area (Å²) in [5.74, 6) is -0.419. The number of rotatable bonds is 15. The topological polar surface area (TPSA) is 150 Å². The number of sulfonamides is 1. The lowest BCUT2D eigenvalue weighted by atomic mass is 9.99. The van der Waals surface area contributed by atoms with Crippen molar-refractivity contribution in [2.45, 2.75) is 88.0 Å². The van der Waals surface area contributed by atoms with E-state index >= 15 is 0 Å². The van der Waals surface area contributed by atoms with Gasteiger partial charge in [0.2, 0.25) is 15.9 Å². The van der Waals surface area contributed by atoms with Crippen LogP contribution in [0.2, 0.25) is 0 Å². The summed E-state index contributed by atoms with van der Waals surface area (Å²) in [4.78, 5) is 27.7. The summed E-state index contributed by atoms with van der Waals surface area (Å²) in [5, 5.41) is 19.6. The molecule has 0 unspecified atom stereocenters. The van der Waals surface area contributed by atoms with Crippen LogP contribution in [0.15, 0.2) is 57.9 Å². The molecule has 10 nitrogen and oxygen atoms in total. The number of nitrogens with zero attached hydrogens (tertiary/aromatic N) is 2. The van der Waals surface area contributed by atoms with Gasteiger partial charge in [-0.05, 0) is 87.6 Å². The molecule has 1 fully saturated rings. The van der Waals surface area contributed by atoms with Crippen molar-refractivity contribution < 1.29 is 33.0 Å². The fraction of sp³-hybridized carbons (Fsp3) is 0.533. The molecular weight excluding hydrogens is 626 g/mol. The molecule has 3 rings (SSSR count). The summed E-state index contributed by atoms with van der Waals surface area (Å²) in [6, 6.07) is 10.9. The first-order valence-corrected chi connectivity index (χ1v) is 16.4. The lowest BCUT2D eigenvalue weighted by molar-refractivity contribution is -0.133. The van der Waals surface area contributed by atoms with Crippen molar-refractivity contribution in [1.82, 2.24) is 9.21 Å². The molecule has 1 aliphatic rings. The summed E-state index contributed by atoms with van der Waals surface area (Å²) >= 11 is 3.48. The molecule has 0 aromatic heterocycles. The van der Waals surface area contributed by atoms with Gasteiger partial charge in [0.05, 0.1) is 31.3 Å². The van der Waals surface area contributed by atoms with E-state index in [1.54, 1.807) is 26.0 Å². The smallest absolute Gasteiger partial charge is 0.416 e. The fourth-order valence-corrected chi connectivity index (χ4v) is 7.65. The fourth-order valence-electron chi connectivity index (χ4n) is 5.36. The van der Waals surface area contributed by atoms with E-state index in [0.29, 0.717) is 24.8 Å². The van der Waals surface area contributed by atoms with Crippen molar-refractivity contribution >= 4 is 38.0 Å². The Bertz CT molecular complexity index is 1300. The van der Waals surface area contributed by atoms with Gasteiger partial charge in [0, 0.05) is 22.6 Å². The highest BCUT2D eigenvalue weighted by atomic mass is 79.9. The first kappa shape index (κ1) is 34.1. The van der Waals surface area contributed by atoms with Gasteiger partial charge in [-0.3, -0.25) is 4.79 Å². The Hall–Kier alpha value is -2.35. The largest absolute Gasteiger partial charge is 0.452 e. The van der Waals surface area contributed by atoms with Crippen molar-refractivity contribution in [2.75, 3.05) is 13.7 Å². The Balaban J connectivity index is 1.76. The number of imide groups is 1. The first-order chi connectivity index (χ1) is 20.0. The number of halogens is 1. The number of carbonyl (C=O) groups is 2. The number of hydrogen-bond acceptors (Lipinski definition) is 8. The first-order valence-electron chi connectivity index (χ1n) is 14.2. The predicted molar refractivity (Wildman–Crippen MR) is 163 cm³/mol. The number of ether oxygens (including phenoxy) is 1. The minimum atomic E-state index is -3.95. The quantitative estimate of drug-likeness (QED) is 0.259. The van der Waals surface area contributed by atoms with Gasteiger partial charge in [-0.2, -0.15) is 4.31 Å². The molecule has 0 aliphatic heterocycles. The monoisotopic (exact) mass is 667 g/mol. The number of nitrogens with two attached hydrogens (primary N) is 1. The van der Waals surface area contributed by atoms with Gasteiger partial charge in [0.25, 0.3) is 0 Å². The lowest BCUT2D eigenvalue weighted by Crippen LogP contribution is -2.53. The highest BCUT2D eigenvalue weighted by molar-refractivity contribution is 9.10. The van der Waals surface area contributed by atoms with E-state index in [1.165, 1.54) is 23.5 Å². The Labute approximate surface area is 257 Å². The van der Waals surface area contributed by atoms with Gasteiger partial charge in [0.1, 0.15) is 0 Å². The van der Waals surface area contributed by atoms with Gasteiger partial charge >= 0.3 is 6.09 Å². The third-order valence-electron chi connectivity index (χ3n) is 7.62. The third-order valence-corrected chi connectivity index (χ3v) is 10.5. The molecule has 0 radical (unpaired) electrons. The summed E-state index contributed by atoms with van der Waals surface area (Å²) in [6.07, 6.45) is 2.36. The standard InChI is InChI=1S/C30H42BrN3O7S/c1-20(2)34(42(39,40)25-15-11-21(18-35)12-16-25)24(19-36)8-6-10-28(22-13-14-22)33(30(38)41-3)29(37)27(32)17-23-7-4-5-9-26(23)31/h4-5,7,9,11-12,15-16,20,22,24,27-28,35-36H,6,8,10,13-14,17-19,32H2,1-3H3/t24-,27-,28+/m0/s1. The van der Waals surface area contributed by atoms with Gasteiger partial charge in [-0.25, -0.2) is 18.1 Å². The molecule has 2 amide bonds. The molecule has 2 aromatic rings. The maximum absolute atomic E-state index is 13.6. The molecule has 12 heteroatoms. The lowest BCUT2D eigenvalue weighted by Gasteiger charge is -2.34. The Morgan fingerprint density at radius 2 is 1.71 bits per heavy atom. The normalized spacial score (nSPS) is 15.8. The molecular formula is C30H42BrN3O7S. The van der Waals surface area contributed by atoms with Gasteiger partial charge < -0.3 is 20.7 Å². The van der Waals surface area contributed by atoms with E-state index in [4.69, 9.17) is 10.5 Å². The summed E-state index contributed by atoms with van der Waals surface area (Å²) in [5.41, 5.74) is 7.76. The van der Waals surface area contributed by atoms with Crippen molar-refractivity contribution in [3.05, 3.63) is 64.1 Å². The molecule has 1 saturated carbocycles. The van der Waals surface area contributed by atoms with Crippen molar-refractivity contribution in [1.29, 1.82) is 0 Å². The molecule has 42 heavy (non-hydrogen) atoms. The van der Waals surface area contributed by atoms with Crippen LogP contribution >= 0.6 is 15.9 Å². The number of benzene rings is 2. The highest BCUT2D eigenvalue weighted by Gasteiger charge is 2.42. The van der Waals surface area contributed by atoms with Gasteiger partial charge in [-0.15, -0.1) is 0 Å². The maximum atomic E-state index is 13.6. The summed E-state index contributed by atoms with van der Waals surface area (Å²) in [7, 11) is -2.72. The minimum absolute atomic E-state index is 0.0733. The average Bonchev–Trinajstić information content (AvgIpc) is 3.82. The Morgan fingerprint density at radius 3 is 2.24 bits per heavy atom. The second kappa shape index (κ2) is 15.4. The second-order valence-corrected chi connectivity index (χ2v) is 13.7.